The van der Waals surface area contributed by atoms with E-state index in [0.29, 0.717) is 12.8 Å². The minimum Gasteiger partial charge on any atom is -0.544 e. The number of carboxylic acids is 1. The molecule has 0 aliphatic rings. The van der Waals surface area contributed by atoms with Crippen molar-refractivity contribution in [1.82, 2.24) is 0 Å². The molecule has 0 saturated heterocycles. The maximum absolute atomic E-state index is 12.6. The molecule has 0 amide bonds. The van der Waals surface area contributed by atoms with Crippen molar-refractivity contribution in [1.29, 1.82) is 0 Å². The van der Waals surface area contributed by atoms with Crippen LogP contribution in [0, 0.1) is 0 Å². The molecule has 55 heavy (non-hydrogen) atoms. The lowest BCUT2D eigenvalue weighted by molar-refractivity contribution is -0.889. The van der Waals surface area contributed by atoms with Crippen LogP contribution in [0.4, 0.5) is 0 Å². The fourth-order valence-corrected chi connectivity index (χ4v) is 6.26. The van der Waals surface area contributed by atoms with Crippen LogP contribution in [-0.4, -0.2) is 75.5 Å². The van der Waals surface area contributed by atoms with Gasteiger partial charge in [-0.1, -0.05) is 146 Å². The molecule has 0 bridgehead atoms. The summed E-state index contributed by atoms with van der Waals surface area (Å²) in [5.74, 6) is -1.81. The second-order valence-corrected chi connectivity index (χ2v) is 15.9. The number of ether oxygens (including phenoxy) is 3. The number of nitrogens with zero attached hydrogens (tertiary/aromatic N) is 1. The van der Waals surface area contributed by atoms with Crippen molar-refractivity contribution in [3.8, 4) is 0 Å². The second-order valence-electron chi connectivity index (χ2n) is 15.9. The number of carbonyl (C=O) groups is 3. The van der Waals surface area contributed by atoms with E-state index in [2.05, 4.69) is 62.5 Å². The number of unbranched alkanes of at least 4 members (excludes halogenated alkanes) is 17. The van der Waals surface area contributed by atoms with Gasteiger partial charge in [0.1, 0.15) is 12.6 Å². The minimum absolute atomic E-state index is 0.0186. The predicted molar refractivity (Wildman–Crippen MR) is 226 cm³/mol. The van der Waals surface area contributed by atoms with Crippen molar-refractivity contribution >= 4 is 17.9 Å². The number of likely N-dealkylation sites (N-methyl/N-ethyl adjacent to an activating group) is 1. The Balaban J connectivity index is 4.30. The summed E-state index contributed by atoms with van der Waals surface area (Å²) in [6, 6.07) is -0.735. The van der Waals surface area contributed by atoms with Crippen LogP contribution >= 0.6 is 0 Å². The molecule has 0 aliphatic carbocycles. The second kappa shape index (κ2) is 38.2. The summed E-state index contributed by atoms with van der Waals surface area (Å²) in [6.45, 7) is 4.48. The van der Waals surface area contributed by atoms with Gasteiger partial charge in [0.2, 0.25) is 0 Å². The molecular weight excluding hydrogens is 691 g/mol. The van der Waals surface area contributed by atoms with E-state index >= 15 is 0 Å². The van der Waals surface area contributed by atoms with Crippen LogP contribution < -0.4 is 5.11 Å². The lowest BCUT2D eigenvalue weighted by Gasteiger charge is -2.34. The predicted octanol–water partition coefficient (Wildman–Crippen LogP) is 10.7. The molecular formula is C47H83NO7. The largest absolute Gasteiger partial charge is 0.544 e. The fraction of sp³-hybridized carbons (Fsp3) is 0.766. The Hall–Kier alpha value is -2.71. The number of rotatable bonds is 39. The van der Waals surface area contributed by atoms with Crippen LogP contribution in [0.1, 0.15) is 181 Å². The Kier molecular flexibility index (Phi) is 36.3. The molecule has 0 rings (SSSR count). The van der Waals surface area contributed by atoms with Gasteiger partial charge in [-0.3, -0.25) is 9.59 Å². The van der Waals surface area contributed by atoms with E-state index < -0.39 is 18.1 Å². The molecule has 8 nitrogen and oxygen atoms in total. The zero-order chi connectivity index (χ0) is 40.7. The molecule has 0 aromatic rings. The van der Waals surface area contributed by atoms with Gasteiger partial charge >= 0.3 is 11.9 Å². The van der Waals surface area contributed by atoms with Gasteiger partial charge in [0.05, 0.1) is 40.3 Å². The van der Waals surface area contributed by atoms with Crippen LogP contribution in [-0.2, 0) is 28.6 Å². The topological polar surface area (TPSA) is 102 Å². The third-order valence-corrected chi connectivity index (χ3v) is 9.70. The first kappa shape index (κ1) is 52.3. The van der Waals surface area contributed by atoms with Crippen molar-refractivity contribution in [2.24, 2.45) is 0 Å². The highest BCUT2D eigenvalue weighted by atomic mass is 16.6. The Morgan fingerprint density at radius 2 is 1.04 bits per heavy atom. The summed E-state index contributed by atoms with van der Waals surface area (Å²) in [4.78, 5) is 36.8. The van der Waals surface area contributed by atoms with E-state index in [1.54, 1.807) is 21.1 Å². The van der Waals surface area contributed by atoms with Crippen LogP contribution in [0.2, 0.25) is 0 Å². The van der Waals surface area contributed by atoms with E-state index in [1.165, 1.54) is 96.3 Å². The molecule has 2 atom stereocenters. The number of quaternary nitrogens is 1. The lowest BCUT2D eigenvalue weighted by Crippen LogP contribution is -2.55. The highest BCUT2D eigenvalue weighted by Gasteiger charge is 2.25. The van der Waals surface area contributed by atoms with Crippen LogP contribution in [0.15, 0.2) is 48.6 Å². The van der Waals surface area contributed by atoms with E-state index in [-0.39, 0.29) is 49.1 Å². The molecule has 0 N–H and O–H groups in total. The molecule has 0 heterocycles. The Labute approximate surface area is 337 Å². The van der Waals surface area contributed by atoms with E-state index in [1.807, 2.05) is 0 Å². The average molecular weight is 774 g/mol. The maximum atomic E-state index is 12.6. The summed E-state index contributed by atoms with van der Waals surface area (Å²) in [7, 11) is 5.38. The number of carbonyl (C=O) groups excluding carboxylic acids is 3. The number of carboxylic acid groups (broad SMARTS) is 1. The molecule has 8 heteroatoms. The van der Waals surface area contributed by atoms with Gasteiger partial charge in [0, 0.05) is 19.3 Å². The summed E-state index contributed by atoms with van der Waals surface area (Å²) in [6.07, 6.45) is 44.4. The van der Waals surface area contributed by atoms with E-state index in [4.69, 9.17) is 14.2 Å². The van der Waals surface area contributed by atoms with Crippen LogP contribution in [0.5, 0.6) is 0 Å². The Morgan fingerprint density at radius 1 is 0.564 bits per heavy atom. The fourth-order valence-electron chi connectivity index (χ4n) is 6.26. The number of esters is 2. The van der Waals surface area contributed by atoms with E-state index in [0.717, 1.165) is 44.9 Å². The summed E-state index contributed by atoms with van der Waals surface area (Å²) in [5.41, 5.74) is 0. The van der Waals surface area contributed by atoms with Gasteiger partial charge in [0.25, 0.3) is 0 Å². The first-order valence-corrected chi connectivity index (χ1v) is 22.2. The summed E-state index contributed by atoms with van der Waals surface area (Å²) < 4.78 is 17.1. The Bertz CT molecular complexity index is 1040. The van der Waals surface area contributed by atoms with Gasteiger partial charge in [0.15, 0.2) is 6.10 Å². The van der Waals surface area contributed by atoms with Crippen LogP contribution in [0.3, 0.4) is 0 Å². The molecule has 0 saturated carbocycles. The number of hydrogen-bond acceptors (Lipinski definition) is 7. The highest BCUT2D eigenvalue weighted by molar-refractivity contribution is 5.70. The van der Waals surface area contributed by atoms with Crippen molar-refractivity contribution in [2.75, 3.05) is 41.0 Å². The normalized spacial score (nSPS) is 13.4. The zero-order valence-corrected chi connectivity index (χ0v) is 36.1. The summed E-state index contributed by atoms with van der Waals surface area (Å²) >= 11 is 0. The number of aliphatic carboxylic acids is 1. The lowest BCUT2D eigenvalue weighted by atomic mass is 10.1. The van der Waals surface area contributed by atoms with Crippen LogP contribution in [0.25, 0.3) is 0 Å². The van der Waals surface area contributed by atoms with Gasteiger partial charge in [-0.05, 0) is 64.2 Å². The standard InChI is InChI=1S/C47H83NO7/c1-6-8-10-12-14-16-18-19-20-21-22-23-24-25-26-28-29-31-33-35-37-45(49)54-42-43(41-53-40-39-44(47(51)52)48(3,4)5)55-46(50)38-36-34-32-30-27-17-15-13-11-9-7-2/h9,11,15,17,22-23,30,32,43-44H,6-8,10,12-14,16,18-21,24-29,31,33-42H2,1-5H3/b11-9+,17-15+,23-22+,32-30+. The summed E-state index contributed by atoms with van der Waals surface area (Å²) in [5, 5.41) is 11.6. The Morgan fingerprint density at radius 3 is 1.58 bits per heavy atom. The molecule has 318 valence electrons. The molecule has 0 fully saturated rings. The average Bonchev–Trinajstić information content (AvgIpc) is 3.14. The molecule has 0 radical (unpaired) electrons. The highest BCUT2D eigenvalue weighted by Crippen LogP contribution is 2.14. The monoisotopic (exact) mass is 774 g/mol. The molecule has 0 aliphatic heterocycles. The minimum atomic E-state index is -1.13. The zero-order valence-electron chi connectivity index (χ0n) is 36.1. The van der Waals surface area contributed by atoms with Gasteiger partial charge in [-0.15, -0.1) is 0 Å². The first-order chi connectivity index (χ1) is 26.6. The van der Waals surface area contributed by atoms with Crippen molar-refractivity contribution < 1.29 is 38.2 Å². The molecule has 0 aromatic heterocycles. The van der Waals surface area contributed by atoms with Gasteiger partial charge < -0.3 is 28.6 Å². The quantitative estimate of drug-likeness (QED) is 0.0265. The number of hydrogen-bond donors (Lipinski definition) is 0. The third-order valence-electron chi connectivity index (χ3n) is 9.70. The first-order valence-electron chi connectivity index (χ1n) is 22.2. The maximum Gasteiger partial charge on any atom is 0.306 e. The van der Waals surface area contributed by atoms with E-state index in [9.17, 15) is 19.5 Å². The number of allylic oxidation sites excluding steroid dienone is 8. The third kappa shape index (κ3) is 36.7. The van der Waals surface area contributed by atoms with Crippen molar-refractivity contribution in [2.45, 2.75) is 193 Å². The van der Waals surface area contributed by atoms with Gasteiger partial charge in [-0.25, -0.2) is 0 Å². The van der Waals surface area contributed by atoms with Gasteiger partial charge in [-0.2, -0.15) is 0 Å². The molecule has 2 unspecified atom stereocenters. The van der Waals surface area contributed by atoms with Crippen molar-refractivity contribution in [3.63, 3.8) is 0 Å². The SMILES string of the molecule is CC/C=C/C/C=C/C/C=C/CCCC(=O)OC(COCCC(C(=O)[O-])[N+](C)(C)C)COC(=O)CCCCCCCCC/C=C/CCCCCCCCCCC. The molecule has 0 aromatic carbocycles. The molecule has 0 spiro atoms. The van der Waals surface area contributed by atoms with Crippen molar-refractivity contribution in [3.05, 3.63) is 48.6 Å². The smallest absolute Gasteiger partial charge is 0.306 e.